The maximum absolute atomic E-state index is 13.8. The normalized spacial score (nSPS) is 28.8. The van der Waals surface area contributed by atoms with Gasteiger partial charge in [0.25, 0.3) is 15.9 Å². The second kappa shape index (κ2) is 13.2. The van der Waals surface area contributed by atoms with Crippen molar-refractivity contribution in [3.8, 4) is 5.75 Å². The van der Waals surface area contributed by atoms with Gasteiger partial charge in [-0.15, -0.1) is 0 Å². The van der Waals surface area contributed by atoms with E-state index in [1.807, 2.05) is 30.0 Å². The third kappa shape index (κ3) is 6.53. The molecule has 1 saturated carbocycles. The molecule has 4 aliphatic rings. The maximum Gasteiger partial charge on any atom is 0.409 e. The number of carbonyl (C=O) groups excluding carboxylic acids is 2. The van der Waals surface area contributed by atoms with Gasteiger partial charge in [0.1, 0.15) is 11.9 Å². The van der Waals surface area contributed by atoms with E-state index in [1.54, 1.807) is 40.1 Å². The molecule has 12 heteroatoms. The van der Waals surface area contributed by atoms with Crippen molar-refractivity contribution in [2.75, 3.05) is 51.8 Å². The molecule has 48 heavy (non-hydrogen) atoms. The molecule has 1 N–H and O–H groups in total. The summed E-state index contributed by atoms with van der Waals surface area (Å²) in [6.45, 7) is 7.91. The molecule has 0 saturated heterocycles. The molecule has 0 aromatic heterocycles. The van der Waals surface area contributed by atoms with Crippen molar-refractivity contribution in [2.45, 2.75) is 74.8 Å². The van der Waals surface area contributed by atoms with Crippen LogP contribution in [0.2, 0.25) is 5.02 Å². The molecule has 2 aliphatic heterocycles. The summed E-state index contributed by atoms with van der Waals surface area (Å²) in [5.74, 6) is 0.219. The number of likely N-dealkylation sites (N-methyl/N-ethyl adjacent to an activating group) is 1. The Morgan fingerprint density at radius 1 is 1.17 bits per heavy atom. The van der Waals surface area contributed by atoms with Crippen molar-refractivity contribution in [1.82, 2.24) is 14.5 Å². The number of carbonyl (C=O) groups is 2. The first-order valence-corrected chi connectivity index (χ1v) is 18.8. The second-order valence-corrected chi connectivity index (χ2v) is 16.6. The number of fused-ring (bicyclic) bond motifs is 4. The van der Waals surface area contributed by atoms with E-state index in [4.69, 9.17) is 21.1 Å². The summed E-state index contributed by atoms with van der Waals surface area (Å²) < 4.78 is 42.6. The van der Waals surface area contributed by atoms with Gasteiger partial charge in [-0.1, -0.05) is 30.7 Å². The fraction of sp³-hybridized carbons (Fsp3) is 0.556. The molecule has 2 aromatic rings. The zero-order valence-corrected chi connectivity index (χ0v) is 30.1. The third-order valence-corrected chi connectivity index (χ3v) is 12.4. The largest absolute Gasteiger partial charge is 0.490 e. The van der Waals surface area contributed by atoms with Crippen molar-refractivity contribution in [2.24, 2.45) is 11.8 Å². The number of hydrogen-bond acceptors (Lipinski definition) is 8. The lowest BCUT2D eigenvalue weighted by Crippen LogP contribution is -2.56. The Kier molecular flexibility index (Phi) is 9.52. The lowest BCUT2D eigenvalue weighted by Gasteiger charge is -2.46. The van der Waals surface area contributed by atoms with Gasteiger partial charge in [-0.2, -0.15) is 0 Å². The van der Waals surface area contributed by atoms with E-state index in [0.717, 1.165) is 32.1 Å². The van der Waals surface area contributed by atoms with Gasteiger partial charge in [0.05, 0.1) is 22.7 Å². The number of hydrogen-bond donors (Lipinski definition) is 1. The van der Waals surface area contributed by atoms with Crippen LogP contribution >= 0.6 is 11.6 Å². The van der Waals surface area contributed by atoms with Gasteiger partial charge in [-0.05, 0) is 106 Å². The summed E-state index contributed by atoms with van der Waals surface area (Å²) in [6.07, 6.45) is 7.69. The number of nitrogens with one attached hydrogen (secondary N) is 1. The van der Waals surface area contributed by atoms with E-state index in [1.165, 1.54) is 22.1 Å². The van der Waals surface area contributed by atoms with Crippen molar-refractivity contribution < 1.29 is 27.5 Å². The highest BCUT2D eigenvalue weighted by Crippen LogP contribution is 2.47. The van der Waals surface area contributed by atoms with Crippen LogP contribution < -0.4 is 14.4 Å². The number of amides is 2. The first-order chi connectivity index (χ1) is 22.7. The quantitative estimate of drug-likeness (QED) is 0.417. The molecule has 2 aliphatic carbocycles. The van der Waals surface area contributed by atoms with Crippen LogP contribution in [0, 0.1) is 11.8 Å². The molecule has 2 heterocycles. The van der Waals surface area contributed by atoms with E-state index in [-0.39, 0.29) is 22.1 Å². The summed E-state index contributed by atoms with van der Waals surface area (Å²) in [7, 11) is -0.856. The van der Waals surface area contributed by atoms with Gasteiger partial charge in [0.15, 0.2) is 0 Å². The summed E-state index contributed by atoms with van der Waals surface area (Å²) in [5.41, 5.74) is 1.62. The van der Waals surface area contributed by atoms with Gasteiger partial charge >= 0.3 is 6.09 Å². The van der Waals surface area contributed by atoms with E-state index in [0.29, 0.717) is 49.2 Å². The molecule has 2 aromatic carbocycles. The maximum atomic E-state index is 13.8. The van der Waals surface area contributed by atoms with Crippen LogP contribution in [0.4, 0.5) is 10.5 Å². The van der Waals surface area contributed by atoms with Crippen LogP contribution in [0.15, 0.2) is 53.4 Å². The Morgan fingerprint density at radius 3 is 2.67 bits per heavy atom. The molecule has 4 atom stereocenters. The number of rotatable bonds is 2. The highest BCUT2D eigenvalue weighted by Gasteiger charge is 2.45. The smallest absolute Gasteiger partial charge is 0.409 e. The molecule has 1 spiro atoms. The highest BCUT2D eigenvalue weighted by atomic mass is 35.5. The number of ether oxygens (including phenoxy) is 2. The van der Waals surface area contributed by atoms with Crippen LogP contribution in [0.5, 0.6) is 5.75 Å². The monoisotopic (exact) mass is 698 g/mol. The molecule has 2 bridgehead atoms. The molecule has 260 valence electrons. The molecular weight excluding hydrogens is 652 g/mol. The molecule has 2 amide bonds. The fourth-order valence-electron chi connectivity index (χ4n) is 7.81. The molecule has 0 radical (unpaired) electrons. The fourth-order valence-corrected chi connectivity index (χ4v) is 9.13. The lowest BCUT2D eigenvalue weighted by atomic mass is 9.68. The van der Waals surface area contributed by atoms with Crippen LogP contribution in [-0.4, -0.2) is 88.7 Å². The standard InChI is InChI=1S/C36H47ClN4O6S/c1-6-41-18-8-10-31(47-34(43)39(4)5)28-14-11-25(28)21-40-22-36(17-7-9-24-19-26(37)12-15-29(24)36)23-46-32-16-13-27(20-30(32)40)48(44,45)38-33(42)35(41,2)3/h8,10,12-13,15-16,19-20,25,28,31H,6-7,9,11,14,17-18,21-23H2,1-5H3,(H,38,42)/b10-8+/t25-,28+,31-,36-/m0/s1. The van der Waals surface area contributed by atoms with Gasteiger partial charge in [0, 0.05) is 50.1 Å². The van der Waals surface area contributed by atoms with Gasteiger partial charge < -0.3 is 19.3 Å². The van der Waals surface area contributed by atoms with Crippen LogP contribution in [0.25, 0.3) is 0 Å². The lowest BCUT2D eigenvalue weighted by molar-refractivity contribution is -0.129. The molecule has 10 nitrogen and oxygen atoms in total. The van der Waals surface area contributed by atoms with Crippen molar-refractivity contribution in [1.29, 1.82) is 0 Å². The summed E-state index contributed by atoms with van der Waals surface area (Å²) in [5, 5.41) is 0.708. The van der Waals surface area contributed by atoms with E-state index in [9.17, 15) is 18.0 Å². The molecular formula is C36H47ClN4O6S. The summed E-state index contributed by atoms with van der Waals surface area (Å²) >= 11 is 6.43. The minimum Gasteiger partial charge on any atom is -0.490 e. The first-order valence-electron chi connectivity index (χ1n) is 16.9. The predicted octanol–water partition coefficient (Wildman–Crippen LogP) is 5.38. The highest BCUT2D eigenvalue weighted by molar-refractivity contribution is 7.90. The van der Waals surface area contributed by atoms with E-state index >= 15 is 0 Å². The number of halogens is 1. The average molecular weight is 699 g/mol. The Morgan fingerprint density at radius 2 is 1.96 bits per heavy atom. The van der Waals surface area contributed by atoms with Crippen LogP contribution in [0.3, 0.4) is 0 Å². The summed E-state index contributed by atoms with van der Waals surface area (Å²) in [4.78, 5) is 32.1. The first kappa shape index (κ1) is 34.6. The minimum absolute atomic E-state index is 0.00348. The Labute approximate surface area is 289 Å². The topological polar surface area (TPSA) is 108 Å². The van der Waals surface area contributed by atoms with Crippen molar-refractivity contribution in [3.63, 3.8) is 0 Å². The Bertz CT molecular complexity index is 1710. The molecule has 0 unspecified atom stereocenters. The third-order valence-electron chi connectivity index (χ3n) is 10.9. The SMILES string of the molecule is CCN1C/C=C/[C@H](OC(=O)N(C)C)[C@@H]2CC[C@H]2CN2C[C@@]3(CCCc4cc(Cl)ccc43)COc3ccc(cc32)S(=O)(=O)NC(=O)C1(C)C. The number of benzene rings is 2. The van der Waals surface area contributed by atoms with E-state index < -0.39 is 33.7 Å². The van der Waals surface area contributed by atoms with Gasteiger partial charge in [-0.25, -0.2) is 17.9 Å². The second-order valence-electron chi connectivity index (χ2n) is 14.4. The average Bonchev–Trinajstić information content (AvgIpc) is 3.17. The summed E-state index contributed by atoms with van der Waals surface area (Å²) in [6, 6.07) is 11.0. The van der Waals surface area contributed by atoms with Crippen molar-refractivity contribution >= 4 is 39.3 Å². The number of aryl methyl sites for hydroxylation is 1. The Balaban J connectivity index is 1.45. The van der Waals surface area contributed by atoms with E-state index in [2.05, 4.69) is 21.8 Å². The predicted molar refractivity (Wildman–Crippen MR) is 186 cm³/mol. The number of nitrogens with zero attached hydrogens (tertiary/aromatic N) is 3. The molecule has 1 fully saturated rings. The van der Waals surface area contributed by atoms with Gasteiger partial charge in [0.2, 0.25) is 0 Å². The van der Waals surface area contributed by atoms with Gasteiger partial charge in [-0.3, -0.25) is 9.69 Å². The Hall–Kier alpha value is -3.28. The minimum atomic E-state index is -4.21. The van der Waals surface area contributed by atoms with Crippen LogP contribution in [0.1, 0.15) is 57.6 Å². The van der Waals surface area contributed by atoms with Crippen LogP contribution in [-0.2, 0) is 31.4 Å². The number of sulfonamides is 1. The van der Waals surface area contributed by atoms with Crippen molar-refractivity contribution in [3.05, 3.63) is 64.7 Å². The zero-order valence-electron chi connectivity index (χ0n) is 28.5. The zero-order chi connectivity index (χ0) is 34.4. The number of anilines is 1. The molecule has 6 rings (SSSR count).